The van der Waals surface area contributed by atoms with E-state index >= 15 is 0 Å². The van der Waals surface area contributed by atoms with Crippen LogP contribution >= 0.6 is 0 Å². The summed E-state index contributed by atoms with van der Waals surface area (Å²) in [4.78, 5) is 15.8. The van der Waals surface area contributed by atoms with E-state index in [1.165, 1.54) is 0 Å². The molecule has 2 N–H and O–H groups in total. The van der Waals surface area contributed by atoms with E-state index in [-0.39, 0.29) is 6.03 Å². The number of hydrogen-bond donors (Lipinski definition) is 2. The molecule has 0 unspecified atom stereocenters. The smallest absolute Gasteiger partial charge is 0.314 e. The first-order chi connectivity index (χ1) is 10.2. The highest BCUT2D eigenvalue weighted by Gasteiger charge is 2.03. The SMILES string of the molecule is CC(C)CNC(=O)NCCOc1cccc2cccnc12. The quantitative estimate of drug-likeness (QED) is 0.803. The second-order valence-corrected chi connectivity index (χ2v) is 5.21. The predicted molar refractivity (Wildman–Crippen MR) is 83.5 cm³/mol. The first-order valence-corrected chi connectivity index (χ1v) is 7.15. The van der Waals surface area contributed by atoms with Crippen LogP contribution in [0, 0.1) is 5.92 Å². The van der Waals surface area contributed by atoms with E-state index in [9.17, 15) is 4.79 Å². The van der Waals surface area contributed by atoms with E-state index in [1.54, 1.807) is 6.20 Å². The molecule has 2 rings (SSSR count). The van der Waals surface area contributed by atoms with Gasteiger partial charge in [0.1, 0.15) is 17.9 Å². The number of nitrogens with zero attached hydrogens (tertiary/aromatic N) is 1. The monoisotopic (exact) mass is 287 g/mol. The molecule has 1 aromatic heterocycles. The lowest BCUT2D eigenvalue weighted by atomic mass is 10.2. The zero-order valence-electron chi connectivity index (χ0n) is 12.4. The number of para-hydroxylation sites is 1. The lowest BCUT2D eigenvalue weighted by molar-refractivity contribution is 0.235. The Hall–Kier alpha value is -2.30. The van der Waals surface area contributed by atoms with Crippen molar-refractivity contribution in [2.75, 3.05) is 19.7 Å². The van der Waals surface area contributed by atoms with Gasteiger partial charge in [-0.05, 0) is 18.1 Å². The Morgan fingerprint density at radius 3 is 2.86 bits per heavy atom. The highest BCUT2D eigenvalue weighted by atomic mass is 16.5. The molecule has 5 nitrogen and oxygen atoms in total. The molecule has 2 amide bonds. The molecule has 112 valence electrons. The van der Waals surface area contributed by atoms with Crippen LogP contribution in [0.2, 0.25) is 0 Å². The first kappa shape index (κ1) is 15.1. The van der Waals surface area contributed by atoms with E-state index in [0.717, 1.165) is 16.7 Å². The van der Waals surface area contributed by atoms with Crippen LogP contribution in [0.4, 0.5) is 4.79 Å². The maximum atomic E-state index is 11.5. The van der Waals surface area contributed by atoms with Gasteiger partial charge >= 0.3 is 6.03 Å². The number of nitrogens with one attached hydrogen (secondary N) is 2. The van der Waals surface area contributed by atoms with Crippen LogP contribution in [0.25, 0.3) is 10.9 Å². The topological polar surface area (TPSA) is 63.2 Å². The second-order valence-electron chi connectivity index (χ2n) is 5.21. The molecule has 5 heteroatoms. The van der Waals surface area contributed by atoms with Gasteiger partial charge in [0.2, 0.25) is 0 Å². The van der Waals surface area contributed by atoms with Gasteiger partial charge in [-0.1, -0.05) is 32.0 Å². The lowest BCUT2D eigenvalue weighted by Gasteiger charge is -2.11. The zero-order chi connectivity index (χ0) is 15.1. The van der Waals surface area contributed by atoms with Gasteiger partial charge in [-0.2, -0.15) is 0 Å². The summed E-state index contributed by atoms with van der Waals surface area (Å²) in [6.45, 7) is 5.63. The molecular weight excluding hydrogens is 266 g/mol. The molecule has 0 aliphatic rings. The van der Waals surface area contributed by atoms with Crippen molar-refractivity contribution in [1.82, 2.24) is 15.6 Å². The molecular formula is C16H21N3O2. The Kier molecular flexibility index (Phi) is 5.37. The van der Waals surface area contributed by atoms with Gasteiger partial charge in [0.15, 0.2) is 0 Å². The summed E-state index contributed by atoms with van der Waals surface area (Å²) in [5.41, 5.74) is 0.837. The molecule has 0 atom stereocenters. The summed E-state index contributed by atoms with van der Waals surface area (Å²) in [5, 5.41) is 6.59. The Bertz CT molecular complexity index is 594. The maximum absolute atomic E-state index is 11.5. The van der Waals surface area contributed by atoms with Crippen LogP contribution in [0.15, 0.2) is 36.5 Å². The molecule has 0 saturated carbocycles. The van der Waals surface area contributed by atoms with Crippen LogP contribution in [0.5, 0.6) is 5.75 Å². The van der Waals surface area contributed by atoms with Crippen molar-refractivity contribution in [1.29, 1.82) is 0 Å². The minimum Gasteiger partial charge on any atom is -0.489 e. The largest absolute Gasteiger partial charge is 0.489 e. The highest BCUT2D eigenvalue weighted by molar-refractivity contribution is 5.84. The number of fused-ring (bicyclic) bond motifs is 1. The second kappa shape index (κ2) is 7.47. The van der Waals surface area contributed by atoms with Gasteiger partial charge in [-0.3, -0.25) is 4.98 Å². The molecule has 0 radical (unpaired) electrons. The number of rotatable bonds is 6. The van der Waals surface area contributed by atoms with Gasteiger partial charge in [0.25, 0.3) is 0 Å². The van der Waals surface area contributed by atoms with Crippen molar-refractivity contribution >= 4 is 16.9 Å². The average molecular weight is 287 g/mol. The third kappa shape index (κ3) is 4.63. The molecule has 0 spiro atoms. The minimum atomic E-state index is -0.164. The molecule has 0 aliphatic heterocycles. The highest BCUT2D eigenvalue weighted by Crippen LogP contribution is 2.22. The van der Waals surface area contributed by atoms with Crippen LogP contribution < -0.4 is 15.4 Å². The van der Waals surface area contributed by atoms with Crippen molar-refractivity contribution < 1.29 is 9.53 Å². The van der Waals surface area contributed by atoms with E-state index in [1.807, 2.05) is 30.3 Å². The van der Waals surface area contributed by atoms with Crippen molar-refractivity contribution in [3.63, 3.8) is 0 Å². The van der Waals surface area contributed by atoms with Gasteiger partial charge in [0.05, 0.1) is 6.54 Å². The molecule has 2 aromatic rings. The fourth-order valence-corrected chi connectivity index (χ4v) is 1.88. The third-order valence-corrected chi connectivity index (χ3v) is 2.91. The van der Waals surface area contributed by atoms with E-state index in [0.29, 0.717) is 25.6 Å². The summed E-state index contributed by atoms with van der Waals surface area (Å²) in [7, 11) is 0. The molecule has 1 aromatic carbocycles. The van der Waals surface area contributed by atoms with Crippen molar-refractivity contribution in [3.05, 3.63) is 36.5 Å². The Balaban J connectivity index is 1.79. The van der Waals surface area contributed by atoms with E-state index in [2.05, 4.69) is 29.5 Å². The summed E-state index contributed by atoms with van der Waals surface area (Å²) < 4.78 is 5.69. The molecule has 1 heterocycles. The Labute approximate surface area is 124 Å². The fraction of sp³-hybridized carbons (Fsp3) is 0.375. The summed E-state index contributed by atoms with van der Waals surface area (Å²) in [6.07, 6.45) is 1.74. The summed E-state index contributed by atoms with van der Waals surface area (Å²) in [5.74, 6) is 1.17. The maximum Gasteiger partial charge on any atom is 0.314 e. The zero-order valence-corrected chi connectivity index (χ0v) is 12.4. The predicted octanol–water partition coefficient (Wildman–Crippen LogP) is 2.57. The Morgan fingerprint density at radius 2 is 2.05 bits per heavy atom. The first-order valence-electron chi connectivity index (χ1n) is 7.15. The van der Waals surface area contributed by atoms with Crippen LogP contribution in [0.3, 0.4) is 0 Å². The lowest BCUT2D eigenvalue weighted by Crippen LogP contribution is -2.39. The minimum absolute atomic E-state index is 0.164. The fourth-order valence-electron chi connectivity index (χ4n) is 1.88. The molecule has 0 aliphatic carbocycles. The third-order valence-electron chi connectivity index (χ3n) is 2.91. The van der Waals surface area contributed by atoms with Crippen molar-refractivity contribution in [2.45, 2.75) is 13.8 Å². The Morgan fingerprint density at radius 1 is 1.24 bits per heavy atom. The number of ether oxygens (including phenoxy) is 1. The number of aromatic nitrogens is 1. The number of urea groups is 1. The number of hydrogen-bond acceptors (Lipinski definition) is 3. The number of carbonyl (C=O) groups excluding carboxylic acids is 1. The number of benzene rings is 1. The summed E-state index contributed by atoms with van der Waals surface area (Å²) >= 11 is 0. The van der Waals surface area contributed by atoms with Crippen molar-refractivity contribution in [3.8, 4) is 5.75 Å². The van der Waals surface area contributed by atoms with Crippen LogP contribution in [-0.4, -0.2) is 30.7 Å². The number of amides is 2. The number of carbonyl (C=O) groups is 1. The van der Waals surface area contributed by atoms with Crippen LogP contribution in [-0.2, 0) is 0 Å². The molecule has 0 saturated heterocycles. The van der Waals surface area contributed by atoms with Gasteiger partial charge in [0, 0.05) is 18.1 Å². The number of pyridine rings is 1. The molecule has 0 bridgehead atoms. The van der Waals surface area contributed by atoms with E-state index in [4.69, 9.17) is 4.74 Å². The van der Waals surface area contributed by atoms with Gasteiger partial charge in [-0.25, -0.2) is 4.79 Å². The summed E-state index contributed by atoms with van der Waals surface area (Å²) in [6, 6.07) is 9.53. The van der Waals surface area contributed by atoms with Crippen LogP contribution in [0.1, 0.15) is 13.8 Å². The van der Waals surface area contributed by atoms with Gasteiger partial charge in [-0.15, -0.1) is 0 Å². The molecule has 0 fully saturated rings. The van der Waals surface area contributed by atoms with E-state index < -0.39 is 0 Å². The normalized spacial score (nSPS) is 10.6. The standard InChI is InChI=1S/C16H21N3O2/c1-12(2)11-19-16(20)18-9-10-21-14-7-3-5-13-6-4-8-17-15(13)14/h3-8,12H,9-11H2,1-2H3,(H2,18,19,20). The van der Waals surface area contributed by atoms with Gasteiger partial charge < -0.3 is 15.4 Å². The van der Waals surface area contributed by atoms with Crippen molar-refractivity contribution in [2.24, 2.45) is 5.92 Å². The average Bonchev–Trinajstić information content (AvgIpc) is 2.49. The molecule has 21 heavy (non-hydrogen) atoms.